The fourth-order valence-corrected chi connectivity index (χ4v) is 2.98. The number of hydrogen-bond donors (Lipinski definition) is 2. The molecule has 0 bridgehead atoms. The van der Waals surface area contributed by atoms with E-state index in [-0.39, 0.29) is 5.41 Å². The van der Waals surface area contributed by atoms with Crippen molar-refractivity contribution in [3.63, 3.8) is 0 Å². The van der Waals surface area contributed by atoms with E-state index in [0.717, 1.165) is 33.3 Å². The van der Waals surface area contributed by atoms with Crippen LogP contribution in [0.1, 0.15) is 31.9 Å². The van der Waals surface area contributed by atoms with E-state index < -0.39 is 0 Å². The third-order valence-corrected chi connectivity index (χ3v) is 4.17. The molecule has 0 amide bonds. The van der Waals surface area contributed by atoms with Crippen molar-refractivity contribution >= 4 is 22.5 Å². The Labute approximate surface area is 135 Å². The van der Waals surface area contributed by atoms with E-state index in [4.69, 9.17) is 11.6 Å². The van der Waals surface area contributed by atoms with E-state index in [1.807, 2.05) is 30.3 Å². The molecule has 0 atom stereocenters. The lowest BCUT2D eigenvalue weighted by molar-refractivity contribution is 0.448. The van der Waals surface area contributed by atoms with Gasteiger partial charge in [-0.3, -0.25) is 0 Å². The van der Waals surface area contributed by atoms with Crippen LogP contribution in [0.15, 0.2) is 36.4 Å². The van der Waals surface area contributed by atoms with Crippen molar-refractivity contribution < 1.29 is 5.11 Å². The van der Waals surface area contributed by atoms with Crippen LogP contribution in [0.2, 0.25) is 5.02 Å². The van der Waals surface area contributed by atoms with Crippen LogP contribution in [-0.4, -0.2) is 10.1 Å². The molecular formula is C19H20ClNO. The molecule has 0 unspecified atom stereocenters. The number of aromatic amines is 1. The highest BCUT2D eigenvalue weighted by molar-refractivity contribution is 6.31. The van der Waals surface area contributed by atoms with Gasteiger partial charge in [0.05, 0.1) is 5.69 Å². The summed E-state index contributed by atoms with van der Waals surface area (Å²) in [5.41, 5.74) is 4.73. The van der Waals surface area contributed by atoms with Crippen LogP contribution in [0.3, 0.4) is 0 Å². The van der Waals surface area contributed by atoms with Gasteiger partial charge in [-0.1, -0.05) is 38.4 Å². The smallest absolute Gasteiger partial charge is 0.128 e. The number of halogens is 1. The minimum atomic E-state index is -0.111. The predicted molar refractivity (Wildman–Crippen MR) is 93.8 cm³/mol. The normalized spacial score (nSPS) is 12.0. The van der Waals surface area contributed by atoms with Gasteiger partial charge in [-0.2, -0.15) is 0 Å². The third kappa shape index (κ3) is 2.59. The van der Waals surface area contributed by atoms with Crippen molar-refractivity contribution in [3.8, 4) is 17.0 Å². The topological polar surface area (TPSA) is 36.0 Å². The van der Waals surface area contributed by atoms with Crippen molar-refractivity contribution in [1.29, 1.82) is 0 Å². The zero-order valence-corrected chi connectivity index (χ0v) is 14.0. The molecule has 0 aliphatic carbocycles. The summed E-state index contributed by atoms with van der Waals surface area (Å²) in [5.74, 6) is 0.343. The van der Waals surface area contributed by atoms with Crippen LogP contribution in [0, 0.1) is 6.92 Å². The minimum Gasteiger partial charge on any atom is -0.507 e. The van der Waals surface area contributed by atoms with Crippen LogP contribution in [-0.2, 0) is 5.41 Å². The predicted octanol–water partition coefficient (Wildman–Crippen LogP) is 5.80. The van der Waals surface area contributed by atoms with Crippen LogP contribution < -0.4 is 0 Å². The minimum absolute atomic E-state index is 0.111. The highest BCUT2D eigenvalue weighted by Crippen LogP contribution is 2.40. The second-order valence-corrected chi connectivity index (χ2v) is 7.31. The van der Waals surface area contributed by atoms with E-state index >= 15 is 0 Å². The monoisotopic (exact) mass is 313 g/mol. The Hall–Kier alpha value is -1.93. The van der Waals surface area contributed by atoms with Gasteiger partial charge >= 0.3 is 0 Å². The average Bonchev–Trinajstić information content (AvgIpc) is 2.82. The van der Waals surface area contributed by atoms with Gasteiger partial charge < -0.3 is 10.1 Å². The number of phenolic OH excluding ortho intramolecular Hbond substituents is 1. The molecule has 2 N–H and O–H groups in total. The summed E-state index contributed by atoms with van der Waals surface area (Å²) in [6.45, 7) is 8.38. The number of aryl methyl sites for hydroxylation is 1. The van der Waals surface area contributed by atoms with Crippen LogP contribution >= 0.6 is 11.6 Å². The molecule has 3 rings (SSSR count). The number of benzene rings is 2. The number of phenols is 1. The summed E-state index contributed by atoms with van der Waals surface area (Å²) < 4.78 is 0. The number of aromatic hydroxyl groups is 1. The van der Waals surface area contributed by atoms with Crippen LogP contribution in [0.5, 0.6) is 5.75 Å². The molecule has 3 heteroatoms. The van der Waals surface area contributed by atoms with Gasteiger partial charge in [-0.25, -0.2) is 0 Å². The third-order valence-electron chi connectivity index (χ3n) is 3.94. The maximum atomic E-state index is 10.7. The second kappa shape index (κ2) is 5.06. The first-order valence-electron chi connectivity index (χ1n) is 7.38. The summed E-state index contributed by atoms with van der Waals surface area (Å²) in [6.07, 6.45) is 0. The SMILES string of the molecule is Cc1cc(-c2cc3cc(Cl)ccc3[nH]2)c(O)c(C(C)(C)C)c1. The van der Waals surface area contributed by atoms with Crippen LogP contribution in [0.4, 0.5) is 0 Å². The van der Waals surface area contributed by atoms with Gasteiger partial charge in [-0.15, -0.1) is 0 Å². The number of rotatable bonds is 1. The fourth-order valence-electron chi connectivity index (χ4n) is 2.80. The van der Waals surface area contributed by atoms with Crippen molar-refractivity contribution in [2.75, 3.05) is 0 Å². The summed E-state index contributed by atoms with van der Waals surface area (Å²) in [5, 5.41) is 12.5. The lowest BCUT2D eigenvalue weighted by Gasteiger charge is -2.22. The maximum absolute atomic E-state index is 10.7. The van der Waals surface area contributed by atoms with Crippen molar-refractivity contribution in [2.45, 2.75) is 33.1 Å². The van der Waals surface area contributed by atoms with Gasteiger partial charge in [0.15, 0.2) is 0 Å². The number of nitrogens with one attached hydrogen (secondary N) is 1. The lowest BCUT2D eigenvalue weighted by Crippen LogP contribution is -2.12. The Morgan fingerprint density at radius 2 is 1.77 bits per heavy atom. The lowest BCUT2D eigenvalue weighted by atomic mass is 9.84. The molecule has 0 saturated carbocycles. The van der Waals surface area contributed by atoms with E-state index in [1.54, 1.807) is 0 Å². The molecule has 0 fully saturated rings. The first kappa shape index (κ1) is 15.0. The quantitative estimate of drug-likeness (QED) is 0.585. The zero-order valence-electron chi connectivity index (χ0n) is 13.3. The van der Waals surface area contributed by atoms with Crippen molar-refractivity contribution in [1.82, 2.24) is 4.98 Å². The van der Waals surface area contributed by atoms with Crippen molar-refractivity contribution in [3.05, 3.63) is 52.5 Å². The Kier molecular flexibility index (Phi) is 3.45. The highest BCUT2D eigenvalue weighted by atomic mass is 35.5. The Morgan fingerprint density at radius 1 is 1.05 bits per heavy atom. The van der Waals surface area contributed by atoms with Gasteiger partial charge in [0.2, 0.25) is 0 Å². The molecule has 2 nitrogen and oxygen atoms in total. The molecule has 3 aromatic rings. The standard InChI is InChI=1S/C19H20ClNO/c1-11-7-14(18(22)15(8-11)19(2,3)4)17-10-12-9-13(20)5-6-16(12)21-17/h5-10,21-22H,1-4H3. The summed E-state index contributed by atoms with van der Waals surface area (Å²) in [7, 11) is 0. The van der Waals surface area contributed by atoms with E-state index in [9.17, 15) is 5.11 Å². The average molecular weight is 314 g/mol. The molecule has 114 valence electrons. The van der Waals surface area contributed by atoms with Gasteiger partial charge in [-0.05, 0) is 48.2 Å². The molecule has 1 heterocycles. The molecular weight excluding hydrogens is 294 g/mol. The summed E-state index contributed by atoms with van der Waals surface area (Å²) in [4.78, 5) is 3.37. The first-order valence-corrected chi connectivity index (χ1v) is 7.76. The molecule has 22 heavy (non-hydrogen) atoms. The molecule has 0 saturated heterocycles. The second-order valence-electron chi connectivity index (χ2n) is 6.87. The van der Waals surface area contributed by atoms with E-state index in [0.29, 0.717) is 10.8 Å². The molecule has 0 radical (unpaired) electrons. The zero-order chi connectivity index (χ0) is 16.1. The number of aromatic nitrogens is 1. The Balaban J connectivity index is 2.24. The molecule has 0 aliphatic heterocycles. The fraction of sp³-hybridized carbons (Fsp3) is 0.263. The Morgan fingerprint density at radius 3 is 2.45 bits per heavy atom. The van der Waals surface area contributed by atoms with Gasteiger partial charge in [0, 0.05) is 27.1 Å². The number of hydrogen-bond acceptors (Lipinski definition) is 1. The molecule has 2 aromatic carbocycles. The van der Waals surface area contributed by atoms with E-state index in [2.05, 4.69) is 38.7 Å². The molecule has 0 aliphatic rings. The molecule has 1 aromatic heterocycles. The summed E-state index contributed by atoms with van der Waals surface area (Å²) >= 11 is 6.05. The maximum Gasteiger partial charge on any atom is 0.128 e. The van der Waals surface area contributed by atoms with Gasteiger partial charge in [0.1, 0.15) is 5.75 Å². The molecule has 0 spiro atoms. The van der Waals surface area contributed by atoms with Crippen LogP contribution in [0.25, 0.3) is 22.2 Å². The number of H-pyrrole nitrogens is 1. The van der Waals surface area contributed by atoms with E-state index in [1.165, 1.54) is 0 Å². The largest absolute Gasteiger partial charge is 0.507 e. The van der Waals surface area contributed by atoms with Crippen molar-refractivity contribution in [2.24, 2.45) is 0 Å². The number of fused-ring (bicyclic) bond motifs is 1. The highest BCUT2D eigenvalue weighted by Gasteiger charge is 2.22. The Bertz CT molecular complexity index is 856. The first-order chi connectivity index (χ1) is 10.3. The summed E-state index contributed by atoms with van der Waals surface area (Å²) in [6, 6.07) is 11.8. The van der Waals surface area contributed by atoms with Gasteiger partial charge in [0.25, 0.3) is 0 Å².